The highest BCUT2D eigenvalue weighted by atomic mass is 19.1. The number of aromatic nitrogens is 1. The van der Waals surface area contributed by atoms with E-state index in [1.54, 1.807) is 18.3 Å². The number of nitrogens with zero attached hydrogens (tertiary/aromatic N) is 2. The summed E-state index contributed by atoms with van der Waals surface area (Å²) in [4.78, 5) is 31.4. The predicted molar refractivity (Wildman–Crippen MR) is 106 cm³/mol. The molecule has 0 radical (unpaired) electrons. The van der Waals surface area contributed by atoms with Gasteiger partial charge in [0.1, 0.15) is 11.9 Å². The van der Waals surface area contributed by atoms with Crippen LogP contribution in [0, 0.1) is 11.7 Å². The molecule has 0 spiro atoms. The van der Waals surface area contributed by atoms with Crippen molar-refractivity contribution >= 4 is 17.5 Å². The Hall–Kier alpha value is -2.84. The number of hydrogen-bond acceptors (Lipinski definition) is 5. The van der Waals surface area contributed by atoms with Gasteiger partial charge in [-0.05, 0) is 49.6 Å². The van der Waals surface area contributed by atoms with Gasteiger partial charge < -0.3 is 10.2 Å². The summed E-state index contributed by atoms with van der Waals surface area (Å²) in [5, 5.41) is 2.76. The highest BCUT2D eigenvalue weighted by Gasteiger charge is 2.35. The molecule has 1 aromatic heterocycles. The van der Waals surface area contributed by atoms with Crippen LogP contribution in [0.3, 0.4) is 0 Å². The van der Waals surface area contributed by atoms with E-state index < -0.39 is 0 Å². The normalized spacial score (nSPS) is 22.4. The summed E-state index contributed by atoms with van der Waals surface area (Å²) in [7, 11) is 0. The standard InChI is InChI=1S/C21H24FN5O2/c22-15-4-3-5-16(12-15)24-20(28)14-7-10-27(11-8-14)21(29)19-13-18(25-26-19)17-6-1-2-9-23-17/h1-6,9,12,14,18-19,25-26H,7-8,10-11,13H2,(H,24,28). The van der Waals surface area contributed by atoms with Crippen LogP contribution in [0.2, 0.25) is 0 Å². The maximum absolute atomic E-state index is 13.3. The molecule has 0 bridgehead atoms. The highest BCUT2D eigenvalue weighted by Crippen LogP contribution is 2.24. The molecule has 0 aliphatic carbocycles. The number of anilines is 1. The molecule has 7 nitrogen and oxygen atoms in total. The SMILES string of the molecule is O=C(Nc1cccc(F)c1)C1CCN(C(=O)C2CC(c3ccccn3)NN2)CC1. The molecule has 2 unspecified atom stereocenters. The van der Waals surface area contributed by atoms with Gasteiger partial charge in [-0.1, -0.05) is 12.1 Å². The van der Waals surface area contributed by atoms with Crippen molar-refractivity contribution in [2.75, 3.05) is 18.4 Å². The molecule has 2 amide bonds. The lowest BCUT2D eigenvalue weighted by molar-refractivity contribution is -0.136. The van der Waals surface area contributed by atoms with Crippen molar-refractivity contribution in [1.29, 1.82) is 0 Å². The number of carbonyl (C=O) groups excluding carboxylic acids is 2. The molecule has 4 rings (SSSR count). The molecule has 2 aliphatic heterocycles. The monoisotopic (exact) mass is 397 g/mol. The van der Waals surface area contributed by atoms with E-state index in [2.05, 4.69) is 21.2 Å². The van der Waals surface area contributed by atoms with Gasteiger partial charge in [0.2, 0.25) is 11.8 Å². The van der Waals surface area contributed by atoms with Gasteiger partial charge in [-0.15, -0.1) is 0 Å². The van der Waals surface area contributed by atoms with E-state index in [9.17, 15) is 14.0 Å². The Labute approximate surface area is 168 Å². The average Bonchev–Trinajstić information content (AvgIpc) is 3.24. The van der Waals surface area contributed by atoms with Crippen molar-refractivity contribution in [2.24, 2.45) is 5.92 Å². The van der Waals surface area contributed by atoms with Gasteiger partial charge >= 0.3 is 0 Å². The minimum absolute atomic E-state index is 0.000246. The second-order valence-electron chi connectivity index (χ2n) is 7.48. The minimum Gasteiger partial charge on any atom is -0.341 e. The number of rotatable bonds is 4. The first kappa shape index (κ1) is 19.5. The van der Waals surface area contributed by atoms with E-state index in [1.807, 2.05) is 23.1 Å². The Bertz CT molecular complexity index is 870. The number of likely N-dealkylation sites (tertiary alicyclic amines) is 1. The Morgan fingerprint density at radius 2 is 1.93 bits per heavy atom. The van der Waals surface area contributed by atoms with Crippen LogP contribution in [0.25, 0.3) is 0 Å². The van der Waals surface area contributed by atoms with Crippen molar-refractivity contribution in [3.63, 3.8) is 0 Å². The molecule has 2 aromatic rings. The lowest BCUT2D eigenvalue weighted by Gasteiger charge is -2.32. The average molecular weight is 397 g/mol. The summed E-state index contributed by atoms with van der Waals surface area (Å²) in [6.45, 7) is 1.07. The number of amides is 2. The molecule has 29 heavy (non-hydrogen) atoms. The van der Waals surface area contributed by atoms with E-state index in [-0.39, 0.29) is 35.6 Å². The Kier molecular flexibility index (Phi) is 5.82. The van der Waals surface area contributed by atoms with Crippen molar-refractivity contribution in [2.45, 2.75) is 31.3 Å². The van der Waals surface area contributed by atoms with Crippen LogP contribution in [-0.4, -0.2) is 40.8 Å². The summed E-state index contributed by atoms with van der Waals surface area (Å²) in [5.74, 6) is -0.651. The first-order valence-electron chi connectivity index (χ1n) is 9.87. The van der Waals surface area contributed by atoms with Crippen molar-refractivity contribution in [3.05, 3.63) is 60.2 Å². The van der Waals surface area contributed by atoms with Crippen LogP contribution >= 0.6 is 0 Å². The molecule has 2 atom stereocenters. The zero-order valence-corrected chi connectivity index (χ0v) is 16.0. The van der Waals surface area contributed by atoms with Crippen LogP contribution in [0.5, 0.6) is 0 Å². The molecular weight excluding hydrogens is 373 g/mol. The van der Waals surface area contributed by atoms with Crippen LogP contribution in [0.1, 0.15) is 31.0 Å². The van der Waals surface area contributed by atoms with Gasteiger partial charge in [0.05, 0.1) is 11.7 Å². The van der Waals surface area contributed by atoms with Crippen LogP contribution < -0.4 is 16.2 Å². The van der Waals surface area contributed by atoms with Gasteiger partial charge in [-0.3, -0.25) is 14.6 Å². The summed E-state index contributed by atoms with van der Waals surface area (Å²) >= 11 is 0. The smallest absolute Gasteiger partial charge is 0.241 e. The number of nitrogens with one attached hydrogen (secondary N) is 3. The van der Waals surface area contributed by atoms with Gasteiger partial charge in [0, 0.05) is 30.9 Å². The van der Waals surface area contributed by atoms with Crippen LogP contribution in [0.15, 0.2) is 48.7 Å². The zero-order valence-electron chi connectivity index (χ0n) is 16.0. The molecule has 8 heteroatoms. The molecular formula is C21H24FN5O2. The fraction of sp³-hybridized carbons (Fsp3) is 0.381. The Morgan fingerprint density at radius 1 is 1.10 bits per heavy atom. The van der Waals surface area contributed by atoms with Crippen LogP contribution in [-0.2, 0) is 9.59 Å². The quantitative estimate of drug-likeness (QED) is 0.735. The molecule has 3 heterocycles. The summed E-state index contributed by atoms with van der Waals surface area (Å²) in [5.41, 5.74) is 7.58. The molecule has 2 fully saturated rings. The first-order valence-corrected chi connectivity index (χ1v) is 9.87. The fourth-order valence-electron chi connectivity index (χ4n) is 3.89. The first-order chi connectivity index (χ1) is 14.1. The second-order valence-corrected chi connectivity index (χ2v) is 7.48. The number of carbonyl (C=O) groups is 2. The van der Waals surface area contributed by atoms with Crippen molar-refractivity contribution in [1.82, 2.24) is 20.7 Å². The maximum atomic E-state index is 13.3. The Balaban J connectivity index is 1.27. The third-order valence-corrected chi connectivity index (χ3v) is 5.52. The molecule has 1 aromatic carbocycles. The lowest BCUT2D eigenvalue weighted by atomic mass is 9.95. The summed E-state index contributed by atoms with van der Waals surface area (Å²) in [6, 6.07) is 11.3. The van der Waals surface area contributed by atoms with Crippen LogP contribution in [0.4, 0.5) is 10.1 Å². The summed E-state index contributed by atoms with van der Waals surface area (Å²) < 4.78 is 13.3. The van der Waals surface area contributed by atoms with E-state index in [0.29, 0.717) is 38.0 Å². The molecule has 152 valence electrons. The molecule has 0 saturated carbocycles. The number of hydrogen-bond donors (Lipinski definition) is 3. The number of pyridine rings is 1. The van der Waals surface area contributed by atoms with Crippen molar-refractivity contribution in [3.8, 4) is 0 Å². The number of hydrazine groups is 1. The minimum atomic E-state index is -0.384. The third kappa shape index (κ3) is 4.60. The van der Waals surface area contributed by atoms with Gasteiger partial charge in [0.15, 0.2) is 0 Å². The van der Waals surface area contributed by atoms with E-state index >= 15 is 0 Å². The largest absolute Gasteiger partial charge is 0.341 e. The molecule has 2 saturated heterocycles. The van der Waals surface area contributed by atoms with Gasteiger partial charge in [-0.2, -0.15) is 0 Å². The highest BCUT2D eigenvalue weighted by molar-refractivity contribution is 5.92. The summed E-state index contributed by atoms with van der Waals surface area (Å²) in [6.07, 6.45) is 3.56. The maximum Gasteiger partial charge on any atom is 0.241 e. The van der Waals surface area contributed by atoms with Crippen molar-refractivity contribution < 1.29 is 14.0 Å². The second kappa shape index (κ2) is 8.67. The molecule has 2 aliphatic rings. The van der Waals surface area contributed by atoms with Gasteiger partial charge in [0.25, 0.3) is 0 Å². The Morgan fingerprint density at radius 3 is 2.66 bits per heavy atom. The fourth-order valence-corrected chi connectivity index (χ4v) is 3.89. The van der Waals surface area contributed by atoms with E-state index in [0.717, 1.165) is 5.69 Å². The van der Waals surface area contributed by atoms with E-state index in [4.69, 9.17) is 0 Å². The zero-order chi connectivity index (χ0) is 20.2. The molecule has 3 N–H and O–H groups in total. The number of benzene rings is 1. The topological polar surface area (TPSA) is 86.4 Å². The predicted octanol–water partition coefficient (Wildman–Crippen LogP) is 2.01. The lowest BCUT2D eigenvalue weighted by Crippen LogP contribution is -2.49. The number of piperidine rings is 1. The third-order valence-electron chi connectivity index (χ3n) is 5.52. The van der Waals surface area contributed by atoms with Gasteiger partial charge in [-0.25, -0.2) is 15.2 Å². The van der Waals surface area contributed by atoms with E-state index in [1.165, 1.54) is 12.1 Å². The number of halogens is 1.